The summed E-state index contributed by atoms with van der Waals surface area (Å²) in [5.41, 5.74) is 0. The van der Waals surface area contributed by atoms with E-state index in [0.717, 1.165) is 0 Å². The second-order valence-electron chi connectivity index (χ2n) is 1.31. The van der Waals surface area contributed by atoms with Crippen molar-refractivity contribution in [2.75, 3.05) is 0 Å². The summed E-state index contributed by atoms with van der Waals surface area (Å²) in [6.45, 7) is 1.33. The molecule has 0 saturated heterocycles. The van der Waals surface area contributed by atoms with Gasteiger partial charge in [-0.1, -0.05) is 0 Å². The van der Waals surface area contributed by atoms with Crippen LogP contribution in [0.3, 0.4) is 0 Å². The van der Waals surface area contributed by atoms with Crippen LogP contribution in [0.15, 0.2) is 0 Å². The Morgan fingerprint density at radius 2 is 1.75 bits per heavy atom. The molecule has 0 radical (unpaired) electrons. The zero-order chi connectivity index (χ0) is 6.08. The summed E-state index contributed by atoms with van der Waals surface area (Å²) in [4.78, 5) is 9.76. The van der Waals surface area contributed by atoms with E-state index in [-0.39, 0.29) is 29.6 Å². The summed E-state index contributed by atoms with van der Waals surface area (Å²) < 4.78 is -1.31. The average Bonchev–Trinajstić information content (AvgIpc) is 1.31. The van der Waals surface area contributed by atoms with Crippen molar-refractivity contribution in [3.63, 3.8) is 0 Å². The van der Waals surface area contributed by atoms with Gasteiger partial charge in [-0.25, -0.2) is 0 Å². The van der Waals surface area contributed by atoms with Crippen molar-refractivity contribution in [3.8, 4) is 0 Å². The van der Waals surface area contributed by atoms with Gasteiger partial charge in [-0.2, -0.15) is 25.3 Å². The minimum Gasteiger partial charge on any atom is -0.548 e. The summed E-state index contributed by atoms with van der Waals surface area (Å²) in [6, 6.07) is 0. The first-order valence-corrected chi connectivity index (χ1v) is 2.50. The van der Waals surface area contributed by atoms with Crippen LogP contribution in [0.5, 0.6) is 0 Å². The van der Waals surface area contributed by atoms with Crippen molar-refractivity contribution in [1.29, 1.82) is 0 Å². The van der Waals surface area contributed by atoms with E-state index in [9.17, 15) is 9.90 Å². The molecule has 0 aromatic rings. The number of thiol groups is 2. The van der Waals surface area contributed by atoms with Crippen LogP contribution < -0.4 is 34.7 Å². The molecule has 0 saturated carbocycles. The van der Waals surface area contributed by atoms with Crippen molar-refractivity contribution < 1.29 is 39.5 Å². The van der Waals surface area contributed by atoms with E-state index in [1.807, 2.05) is 0 Å². The molecule has 0 aromatic heterocycles. The molecule has 0 spiro atoms. The molecular formula is C3H5NaO2S2. The average molecular weight is 160 g/mol. The van der Waals surface area contributed by atoms with Gasteiger partial charge in [0.15, 0.2) is 0 Å². The molecule has 0 N–H and O–H groups in total. The number of carboxylic acid groups (broad SMARTS) is 1. The van der Waals surface area contributed by atoms with Crippen LogP contribution in [-0.2, 0) is 4.79 Å². The van der Waals surface area contributed by atoms with Crippen LogP contribution in [0.25, 0.3) is 0 Å². The topological polar surface area (TPSA) is 40.1 Å². The number of hydrogen-bond acceptors (Lipinski definition) is 4. The van der Waals surface area contributed by atoms with Gasteiger partial charge < -0.3 is 9.90 Å². The summed E-state index contributed by atoms with van der Waals surface area (Å²) >= 11 is 7.10. The van der Waals surface area contributed by atoms with Crippen LogP contribution in [0, 0.1) is 0 Å². The van der Waals surface area contributed by atoms with Crippen LogP contribution in [0.2, 0.25) is 0 Å². The third kappa shape index (κ3) is 5.31. The smallest absolute Gasteiger partial charge is 0.548 e. The zero-order valence-electron chi connectivity index (χ0n) is 4.71. The molecular weight excluding hydrogens is 155 g/mol. The Labute approximate surface area is 81.1 Å². The SMILES string of the molecule is CC(S)(S)C(=O)[O-].[Na+]. The second-order valence-corrected chi connectivity index (χ2v) is 3.45. The normalized spacial score (nSPS) is 9.88. The molecule has 0 rings (SSSR count). The molecule has 0 aliphatic heterocycles. The molecule has 0 fully saturated rings. The predicted octanol–water partition coefficient (Wildman–Crippen LogP) is -3.68. The largest absolute Gasteiger partial charge is 1.00 e. The number of hydrogen-bond donors (Lipinski definition) is 2. The monoisotopic (exact) mass is 160 g/mol. The molecule has 8 heavy (non-hydrogen) atoms. The fourth-order valence-corrected chi connectivity index (χ4v) is 0. The first-order chi connectivity index (χ1) is 2.94. The molecule has 0 atom stereocenters. The first kappa shape index (κ1) is 11.9. The molecule has 0 heterocycles. The van der Waals surface area contributed by atoms with Crippen LogP contribution in [0.1, 0.15) is 6.92 Å². The Kier molecular flexibility index (Phi) is 6.04. The van der Waals surface area contributed by atoms with E-state index in [1.165, 1.54) is 6.92 Å². The Bertz CT molecular complexity index is 87.8. The Morgan fingerprint density at radius 1 is 1.62 bits per heavy atom. The molecule has 0 aromatic carbocycles. The maximum Gasteiger partial charge on any atom is 1.00 e. The van der Waals surface area contributed by atoms with Gasteiger partial charge in [-0.3, -0.25) is 0 Å². The maximum absolute atomic E-state index is 9.76. The third-order valence-corrected chi connectivity index (χ3v) is 0.752. The number of carbonyl (C=O) groups excluding carboxylic acids is 1. The van der Waals surface area contributed by atoms with E-state index in [0.29, 0.717) is 0 Å². The van der Waals surface area contributed by atoms with Gasteiger partial charge in [0.2, 0.25) is 0 Å². The van der Waals surface area contributed by atoms with E-state index in [1.54, 1.807) is 0 Å². The molecule has 0 bridgehead atoms. The number of carbonyl (C=O) groups is 1. The van der Waals surface area contributed by atoms with Crippen molar-refractivity contribution in [2.24, 2.45) is 0 Å². The molecule has 42 valence electrons. The summed E-state index contributed by atoms with van der Waals surface area (Å²) in [5, 5.41) is 9.76. The van der Waals surface area contributed by atoms with Gasteiger partial charge in [0.25, 0.3) is 0 Å². The quantitative estimate of drug-likeness (QED) is 0.236. The van der Waals surface area contributed by atoms with E-state index >= 15 is 0 Å². The molecule has 2 nitrogen and oxygen atoms in total. The number of rotatable bonds is 1. The van der Waals surface area contributed by atoms with E-state index < -0.39 is 10.0 Å². The fraction of sp³-hybridized carbons (Fsp3) is 0.667. The second kappa shape index (κ2) is 4.06. The minimum atomic E-state index is -1.31. The van der Waals surface area contributed by atoms with E-state index in [2.05, 4.69) is 25.3 Å². The van der Waals surface area contributed by atoms with Gasteiger partial charge in [0.1, 0.15) is 0 Å². The van der Waals surface area contributed by atoms with Crippen LogP contribution >= 0.6 is 25.3 Å². The van der Waals surface area contributed by atoms with Crippen molar-refractivity contribution in [3.05, 3.63) is 0 Å². The molecule has 5 heteroatoms. The fourth-order valence-electron chi connectivity index (χ4n) is 0. The zero-order valence-corrected chi connectivity index (χ0v) is 8.50. The van der Waals surface area contributed by atoms with Crippen molar-refractivity contribution >= 4 is 31.2 Å². The van der Waals surface area contributed by atoms with Gasteiger partial charge >= 0.3 is 29.6 Å². The first-order valence-electron chi connectivity index (χ1n) is 1.61. The Morgan fingerprint density at radius 3 is 1.75 bits per heavy atom. The summed E-state index contributed by atoms with van der Waals surface area (Å²) in [7, 11) is 0. The van der Waals surface area contributed by atoms with Crippen LogP contribution in [0.4, 0.5) is 0 Å². The van der Waals surface area contributed by atoms with Gasteiger partial charge in [-0.05, 0) is 6.92 Å². The standard InChI is InChI=1S/C3H6O2S2.Na/c1-3(6,7)2(4)5;/h6-7H,1H3,(H,4,5);/q;+1/p-1. The summed E-state index contributed by atoms with van der Waals surface area (Å²) in [6.07, 6.45) is 0. The van der Waals surface area contributed by atoms with Gasteiger partial charge in [-0.15, -0.1) is 0 Å². The molecule has 0 amide bonds. The van der Waals surface area contributed by atoms with Gasteiger partial charge in [0.05, 0.1) is 10.0 Å². The minimum absolute atomic E-state index is 0. The maximum atomic E-state index is 9.76. The van der Waals surface area contributed by atoms with Crippen molar-refractivity contribution in [1.82, 2.24) is 0 Å². The van der Waals surface area contributed by atoms with Gasteiger partial charge in [0, 0.05) is 0 Å². The van der Waals surface area contributed by atoms with Crippen molar-refractivity contribution in [2.45, 2.75) is 11.0 Å². The molecule has 0 unspecified atom stereocenters. The molecule has 0 aliphatic carbocycles. The Hall–Kier alpha value is 1.17. The Balaban J connectivity index is 0. The van der Waals surface area contributed by atoms with Crippen LogP contribution in [-0.4, -0.2) is 10.0 Å². The summed E-state index contributed by atoms with van der Waals surface area (Å²) in [5.74, 6) is -1.28. The van der Waals surface area contributed by atoms with E-state index in [4.69, 9.17) is 0 Å². The molecule has 0 aliphatic rings. The predicted molar refractivity (Wildman–Crippen MR) is 31.4 cm³/mol. The number of carboxylic acids is 1. The third-order valence-electron chi connectivity index (χ3n) is 0.387. The number of aliphatic carboxylic acids is 1.